The van der Waals surface area contributed by atoms with Gasteiger partial charge in [-0.15, -0.1) is 5.10 Å². The van der Waals surface area contributed by atoms with E-state index in [1.165, 1.54) is 11.1 Å². The van der Waals surface area contributed by atoms with E-state index in [1.807, 2.05) is 79.6 Å². The van der Waals surface area contributed by atoms with Crippen LogP contribution in [0.3, 0.4) is 0 Å². The Bertz CT molecular complexity index is 1780. The molecule has 6 rings (SSSR count). The normalized spacial score (nSPS) is 24.2. The van der Waals surface area contributed by atoms with Gasteiger partial charge in [-0.25, -0.2) is 0 Å². The molecular weight excluding hydrogens is 647 g/mol. The van der Waals surface area contributed by atoms with Crippen LogP contribution >= 0.6 is 0 Å². The van der Waals surface area contributed by atoms with E-state index in [0.29, 0.717) is 38.2 Å². The first-order valence-electron chi connectivity index (χ1n) is 17.9. The molecule has 3 aliphatic rings. The number of aliphatic hydroxyl groups is 1. The molecule has 0 saturated carbocycles. The number of β-lactam (4-membered cyclic amide) rings is 1. The molecule has 2 N–H and O–H groups in total. The number of hydrogen-bond donors (Lipinski definition) is 2. The van der Waals surface area contributed by atoms with E-state index in [0.717, 1.165) is 35.3 Å². The van der Waals surface area contributed by atoms with Crippen LogP contribution in [-0.2, 0) is 26.5 Å². The lowest BCUT2D eigenvalue weighted by Gasteiger charge is -2.33. The van der Waals surface area contributed by atoms with Crippen molar-refractivity contribution in [2.45, 2.75) is 96.2 Å². The predicted molar refractivity (Wildman–Crippen MR) is 197 cm³/mol. The first-order valence-corrected chi connectivity index (χ1v) is 20.9. The maximum absolute atomic E-state index is 14.8. The van der Waals surface area contributed by atoms with E-state index >= 15 is 0 Å². The number of aryl methyl sites for hydroxylation is 1. The van der Waals surface area contributed by atoms with Gasteiger partial charge in [-0.05, 0) is 76.9 Å². The van der Waals surface area contributed by atoms with Crippen molar-refractivity contribution in [1.82, 2.24) is 15.0 Å². The fourth-order valence-electron chi connectivity index (χ4n) is 8.11. The van der Waals surface area contributed by atoms with Gasteiger partial charge in [-0.1, -0.05) is 65.8 Å². The number of benzene rings is 2. The van der Waals surface area contributed by atoms with E-state index in [4.69, 9.17) is 4.74 Å². The summed E-state index contributed by atoms with van der Waals surface area (Å²) in [7, 11) is -2.88. The highest BCUT2D eigenvalue weighted by atomic mass is 28.4. The zero-order chi connectivity index (χ0) is 35.8. The van der Waals surface area contributed by atoms with Crippen molar-refractivity contribution in [3.05, 3.63) is 94.8 Å². The van der Waals surface area contributed by atoms with Gasteiger partial charge >= 0.3 is 0 Å². The lowest BCUT2D eigenvalue weighted by atomic mass is 9.82. The summed E-state index contributed by atoms with van der Waals surface area (Å²) < 4.78 is 8.82. The Labute approximate surface area is 296 Å². The number of aliphatic hydroxyl groups excluding tert-OH is 1. The van der Waals surface area contributed by atoms with E-state index in [-0.39, 0.29) is 35.8 Å². The zero-order valence-electron chi connectivity index (χ0n) is 30.2. The lowest BCUT2D eigenvalue weighted by molar-refractivity contribution is -0.145. The molecule has 2 amide bonds. The van der Waals surface area contributed by atoms with Gasteiger partial charge in [0, 0.05) is 55.0 Å². The third-order valence-corrected chi connectivity index (χ3v) is 13.3. The van der Waals surface area contributed by atoms with Gasteiger partial charge in [-0.2, -0.15) is 0 Å². The van der Waals surface area contributed by atoms with Crippen molar-refractivity contribution in [3.8, 4) is 0 Å². The van der Waals surface area contributed by atoms with Crippen molar-refractivity contribution in [1.29, 1.82) is 0 Å². The summed E-state index contributed by atoms with van der Waals surface area (Å²) in [5.41, 5.74) is 4.93. The summed E-state index contributed by atoms with van der Waals surface area (Å²) in [5.74, 6) is -0.659. The van der Waals surface area contributed by atoms with Crippen molar-refractivity contribution in [3.63, 3.8) is 0 Å². The second-order valence-corrected chi connectivity index (χ2v) is 19.0. The minimum Gasteiger partial charge on any atom is -0.432 e. The van der Waals surface area contributed by atoms with Crippen LogP contribution in [0.4, 0.5) is 11.4 Å². The van der Waals surface area contributed by atoms with Crippen LogP contribution in [0, 0.1) is 5.92 Å². The lowest BCUT2D eigenvalue weighted by Crippen LogP contribution is -2.46. The highest BCUT2D eigenvalue weighted by Crippen LogP contribution is 2.60. The molecule has 1 aromatic heterocycles. The number of fused-ring (bicyclic) bond motifs is 2. The van der Waals surface area contributed by atoms with Crippen molar-refractivity contribution in [2.24, 2.45) is 5.92 Å². The quantitative estimate of drug-likeness (QED) is 0.126. The topological polar surface area (TPSA) is 121 Å². The van der Waals surface area contributed by atoms with Gasteiger partial charge < -0.3 is 24.4 Å². The summed E-state index contributed by atoms with van der Waals surface area (Å²) in [6.07, 6.45) is 8.69. The first kappa shape index (κ1) is 35.9. The second kappa shape index (κ2) is 14.4. The molecule has 2 saturated heterocycles. The molecule has 1 spiro atoms. The molecule has 0 bridgehead atoms. The number of carbonyl (C=O) groups excluding carboxylic acids is 2. The van der Waals surface area contributed by atoms with Crippen molar-refractivity contribution in [2.75, 3.05) is 29.5 Å². The molecule has 0 radical (unpaired) electrons. The van der Waals surface area contributed by atoms with Crippen LogP contribution in [0.5, 0.6) is 0 Å². The molecule has 266 valence electrons. The average molecular weight is 698 g/mol. The van der Waals surface area contributed by atoms with Crippen LogP contribution in [0.15, 0.2) is 78.0 Å². The molecular formula is C39H51N5O5Si. The Hall–Kier alpha value is -3.90. The van der Waals surface area contributed by atoms with Crippen LogP contribution in [0.2, 0.25) is 18.6 Å². The summed E-state index contributed by atoms with van der Waals surface area (Å²) in [5, 5.41) is 18.9. The molecule has 11 heteroatoms. The number of amides is 2. The van der Waals surface area contributed by atoms with Gasteiger partial charge in [0.1, 0.15) is 0 Å². The first-order chi connectivity index (χ1) is 23.8. The monoisotopic (exact) mass is 697 g/mol. The number of aromatic nitrogens is 3. The van der Waals surface area contributed by atoms with Gasteiger partial charge in [-0.3, -0.25) is 14.3 Å². The fourth-order valence-corrected chi connectivity index (χ4v) is 10.7. The number of carbonyl (C=O) groups is 2. The van der Waals surface area contributed by atoms with Crippen LogP contribution in [0.25, 0.3) is 0 Å². The Morgan fingerprint density at radius 3 is 2.52 bits per heavy atom. The third kappa shape index (κ3) is 6.76. The van der Waals surface area contributed by atoms with Crippen molar-refractivity contribution < 1.29 is 24.2 Å². The molecule has 3 aromatic rings. The number of allylic oxidation sites excluding steroid dienone is 3. The van der Waals surface area contributed by atoms with Crippen LogP contribution in [-0.4, -0.2) is 70.8 Å². The Kier molecular flexibility index (Phi) is 10.3. The number of ether oxygens (including phenoxy) is 1. The minimum absolute atomic E-state index is 0.0676. The highest BCUT2D eigenvalue weighted by molar-refractivity contribution is 6.71. The smallest absolute Gasteiger partial charge is 0.264 e. The Morgan fingerprint density at radius 1 is 1.12 bits per heavy atom. The number of hydrogen-bond acceptors (Lipinski definition) is 7. The summed E-state index contributed by atoms with van der Waals surface area (Å²) in [6, 6.07) is 15.6. The minimum atomic E-state index is -2.88. The van der Waals surface area contributed by atoms with Crippen LogP contribution in [0.1, 0.15) is 76.1 Å². The van der Waals surface area contributed by atoms with E-state index in [2.05, 4.69) is 43.2 Å². The average Bonchev–Trinajstić information content (AvgIpc) is 3.72. The van der Waals surface area contributed by atoms with Gasteiger partial charge in [0.2, 0.25) is 5.91 Å². The van der Waals surface area contributed by atoms with E-state index in [9.17, 15) is 19.5 Å². The molecule has 1 unspecified atom stereocenters. The molecule has 50 heavy (non-hydrogen) atoms. The highest BCUT2D eigenvalue weighted by Gasteiger charge is 2.66. The second-order valence-electron chi connectivity index (χ2n) is 15.0. The van der Waals surface area contributed by atoms with Crippen molar-refractivity contribution >= 4 is 31.5 Å². The standard InChI is InChI=1S/C39H51N5O5Si/c1-26(2)11-10-12-27(3)17-21-44-34-16-15-30(43-22-19-36(43)46)23-32(34)39(38(44)47)28(4)37(50(5,6)48)35(49-39)18-20-42-24-33(40-41-42)31(25-45)29-13-8-7-9-14-29/h7-9,11,13-17,23-24,28,31,35,37,45,48H,10,12,18-22,25H2,1-6H3/b27-17+/t28-,31?,35+,37-,39+/m0/s1. The van der Waals surface area contributed by atoms with Gasteiger partial charge in [0.05, 0.1) is 30.0 Å². The summed E-state index contributed by atoms with van der Waals surface area (Å²) >= 11 is 0. The largest absolute Gasteiger partial charge is 0.432 e. The number of anilines is 2. The molecule has 2 aromatic carbocycles. The molecule has 4 heterocycles. The van der Waals surface area contributed by atoms with Gasteiger partial charge in [0.15, 0.2) is 13.9 Å². The molecule has 2 fully saturated rings. The summed E-state index contributed by atoms with van der Waals surface area (Å²) in [4.78, 5) is 42.7. The zero-order valence-corrected chi connectivity index (χ0v) is 31.2. The Balaban J connectivity index is 1.30. The SMILES string of the molecule is CC(C)=CCC/C(C)=C/CN1C(=O)[C@]2(O[C@H](CCn3cc(C(CO)c4ccccc4)nn3)[C@@H]([Si](C)(C)O)[C@@H]2C)c2cc(N3CCC3=O)ccc21. The number of rotatable bonds is 13. The maximum atomic E-state index is 14.8. The Morgan fingerprint density at radius 2 is 1.88 bits per heavy atom. The molecule has 0 aliphatic carbocycles. The fraction of sp³-hybridized carbons (Fsp3) is 0.487. The molecule has 10 nitrogen and oxygen atoms in total. The molecule has 5 atom stereocenters. The maximum Gasteiger partial charge on any atom is 0.264 e. The number of nitrogens with zero attached hydrogens (tertiary/aromatic N) is 5. The predicted octanol–water partition coefficient (Wildman–Crippen LogP) is 6.07. The molecule has 3 aliphatic heterocycles. The van der Waals surface area contributed by atoms with E-state index < -0.39 is 20.0 Å². The van der Waals surface area contributed by atoms with E-state index in [1.54, 1.807) is 9.58 Å². The summed E-state index contributed by atoms with van der Waals surface area (Å²) in [6.45, 7) is 13.6. The van der Waals surface area contributed by atoms with Gasteiger partial charge in [0.25, 0.3) is 5.91 Å². The third-order valence-electron chi connectivity index (χ3n) is 10.8. The van der Waals surface area contributed by atoms with Crippen LogP contribution < -0.4 is 9.80 Å².